The zero-order valence-electron chi connectivity index (χ0n) is 11.2. The first-order chi connectivity index (χ1) is 9.72. The van der Waals surface area contributed by atoms with Gasteiger partial charge in [0.1, 0.15) is 0 Å². The second-order valence-electron chi connectivity index (χ2n) is 4.66. The molecule has 3 rings (SSSR count). The molecule has 0 aliphatic carbocycles. The van der Waals surface area contributed by atoms with Crippen LogP contribution in [0.1, 0.15) is 12.1 Å². The number of fused-ring (bicyclic) bond motifs is 1. The number of carbonyl (C=O) groups is 1. The number of rotatable bonds is 4. The van der Waals surface area contributed by atoms with Gasteiger partial charge >= 0.3 is 0 Å². The minimum absolute atomic E-state index is 0.00266. The van der Waals surface area contributed by atoms with Gasteiger partial charge in [-0.15, -0.1) is 11.3 Å². The molecule has 0 spiro atoms. The summed E-state index contributed by atoms with van der Waals surface area (Å²) in [5.41, 5.74) is 2.09. The van der Waals surface area contributed by atoms with Crippen molar-refractivity contribution in [2.45, 2.75) is 19.9 Å². The van der Waals surface area contributed by atoms with Gasteiger partial charge in [-0.2, -0.15) is 0 Å². The molecule has 0 bridgehead atoms. The molecule has 2 heterocycles. The maximum absolute atomic E-state index is 11.9. The third-order valence-corrected chi connectivity index (χ3v) is 4.00. The van der Waals surface area contributed by atoms with Crippen molar-refractivity contribution in [2.75, 3.05) is 5.32 Å². The Morgan fingerprint density at radius 3 is 3.00 bits per heavy atom. The number of para-hydroxylation sites is 1. The number of amides is 1. The summed E-state index contributed by atoms with van der Waals surface area (Å²) in [6.45, 7) is 2.59. The van der Waals surface area contributed by atoms with Crippen molar-refractivity contribution < 1.29 is 4.79 Å². The number of benzene rings is 1. The lowest BCUT2D eigenvalue weighted by molar-refractivity contribution is -0.116. The highest BCUT2D eigenvalue weighted by molar-refractivity contribution is 7.13. The van der Waals surface area contributed by atoms with E-state index in [2.05, 4.69) is 33.1 Å². The molecule has 1 amide bonds. The summed E-state index contributed by atoms with van der Waals surface area (Å²) in [7, 11) is 0. The second kappa shape index (κ2) is 5.46. The van der Waals surface area contributed by atoms with Gasteiger partial charge in [0.05, 0.1) is 5.69 Å². The molecule has 0 aliphatic rings. The van der Waals surface area contributed by atoms with E-state index in [1.165, 1.54) is 16.7 Å². The molecule has 1 N–H and O–H groups in total. The van der Waals surface area contributed by atoms with E-state index in [0.29, 0.717) is 18.1 Å². The van der Waals surface area contributed by atoms with E-state index in [4.69, 9.17) is 0 Å². The predicted octanol–water partition coefficient (Wildman–Crippen LogP) is 3.44. The Morgan fingerprint density at radius 1 is 1.35 bits per heavy atom. The summed E-state index contributed by atoms with van der Waals surface area (Å²) < 4.78 is 2.10. The van der Waals surface area contributed by atoms with E-state index >= 15 is 0 Å². The van der Waals surface area contributed by atoms with Gasteiger partial charge < -0.3 is 9.88 Å². The van der Waals surface area contributed by atoms with Crippen LogP contribution < -0.4 is 5.32 Å². The number of aromatic nitrogens is 2. The Morgan fingerprint density at radius 2 is 2.20 bits per heavy atom. The minimum atomic E-state index is -0.00266. The molecule has 0 saturated heterocycles. The summed E-state index contributed by atoms with van der Waals surface area (Å²) in [5, 5.41) is 6.62. The van der Waals surface area contributed by atoms with Crippen molar-refractivity contribution in [1.82, 2.24) is 9.55 Å². The lowest BCUT2D eigenvalue weighted by atomic mass is 10.2. The van der Waals surface area contributed by atoms with E-state index in [1.54, 1.807) is 0 Å². The monoisotopic (exact) mass is 285 g/mol. The summed E-state index contributed by atoms with van der Waals surface area (Å²) in [5.74, 6) is -0.00266. The SMILES string of the molecule is Cc1csc(NC(=O)CCn2ccc3ccccc32)n1. The van der Waals surface area contributed by atoms with Gasteiger partial charge in [0.25, 0.3) is 0 Å². The fourth-order valence-electron chi connectivity index (χ4n) is 2.15. The van der Waals surface area contributed by atoms with E-state index < -0.39 is 0 Å². The van der Waals surface area contributed by atoms with Gasteiger partial charge in [-0.3, -0.25) is 4.79 Å². The largest absolute Gasteiger partial charge is 0.347 e. The van der Waals surface area contributed by atoms with Crippen LogP contribution >= 0.6 is 11.3 Å². The van der Waals surface area contributed by atoms with E-state index in [0.717, 1.165) is 11.2 Å². The van der Waals surface area contributed by atoms with Crippen molar-refractivity contribution >= 4 is 33.3 Å². The highest BCUT2D eigenvalue weighted by Crippen LogP contribution is 2.17. The first kappa shape index (κ1) is 12.9. The summed E-state index contributed by atoms with van der Waals surface area (Å²) in [4.78, 5) is 16.1. The number of nitrogens with zero attached hydrogens (tertiary/aromatic N) is 2. The fourth-order valence-corrected chi connectivity index (χ4v) is 2.86. The third-order valence-electron chi connectivity index (χ3n) is 3.13. The summed E-state index contributed by atoms with van der Waals surface area (Å²) in [6.07, 6.45) is 2.46. The van der Waals surface area contributed by atoms with Gasteiger partial charge in [0.2, 0.25) is 5.91 Å². The minimum Gasteiger partial charge on any atom is -0.347 e. The molecule has 0 radical (unpaired) electrons. The van der Waals surface area contributed by atoms with Gasteiger partial charge in [-0.1, -0.05) is 18.2 Å². The highest BCUT2D eigenvalue weighted by Gasteiger charge is 2.06. The Labute approximate surface area is 121 Å². The molecule has 0 fully saturated rings. The van der Waals surface area contributed by atoms with Crippen LogP contribution in [0.25, 0.3) is 10.9 Å². The van der Waals surface area contributed by atoms with Crippen LogP contribution in [0.4, 0.5) is 5.13 Å². The number of nitrogens with one attached hydrogen (secondary N) is 1. The van der Waals surface area contributed by atoms with Crippen molar-refractivity contribution in [2.24, 2.45) is 0 Å². The maximum atomic E-state index is 11.9. The average Bonchev–Trinajstić information content (AvgIpc) is 3.03. The van der Waals surface area contributed by atoms with Crippen LogP contribution in [-0.2, 0) is 11.3 Å². The van der Waals surface area contributed by atoms with Crippen LogP contribution in [-0.4, -0.2) is 15.5 Å². The molecule has 1 aromatic carbocycles. The molecule has 2 aromatic heterocycles. The van der Waals surface area contributed by atoms with Crippen LogP contribution in [0.5, 0.6) is 0 Å². The molecule has 0 atom stereocenters. The zero-order valence-corrected chi connectivity index (χ0v) is 12.0. The van der Waals surface area contributed by atoms with Crippen molar-refractivity contribution in [1.29, 1.82) is 0 Å². The normalized spacial score (nSPS) is 10.8. The van der Waals surface area contributed by atoms with E-state index in [9.17, 15) is 4.79 Å². The molecule has 3 aromatic rings. The predicted molar refractivity (Wildman–Crippen MR) is 82.0 cm³/mol. The summed E-state index contributed by atoms with van der Waals surface area (Å²) >= 11 is 1.45. The Kier molecular flexibility index (Phi) is 3.52. The Balaban J connectivity index is 1.63. The number of carbonyl (C=O) groups excluding carboxylic acids is 1. The fraction of sp³-hybridized carbons (Fsp3) is 0.200. The van der Waals surface area contributed by atoms with Crippen LogP contribution in [0.3, 0.4) is 0 Å². The second-order valence-corrected chi connectivity index (χ2v) is 5.52. The highest BCUT2D eigenvalue weighted by atomic mass is 32.1. The lowest BCUT2D eigenvalue weighted by Crippen LogP contribution is -2.14. The molecular formula is C15H15N3OS. The van der Waals surface area contributed by atoms with Gasteiger partial charge in [0, 0.05) is 30.1 Å². The van der Waals surface area contributed by atoms with E-state index in [1.807, 2.05) is 30.6 Å². The maximum Gasteiger partial charge on any atom is 0.227 e. The topological polar surface area (TPSA) is 46.9 Å². The number of hydrogen-bond acceptors (Lipinski definition) is 3. The van der Waals surface area contributed by atoms with Crippen LogP contribution in [0.2, 0.25) is 0 Å². The first-order valence-corrected chi connectivity index (χ1v) is 7.36. The first-order valence-electron chi connectivity index (χ1n) is 6.48. The molecule has 0 unspecified atom stereocenters. The molecule has 0 saturated carbocycles. The molecular weight excluding hydrogens is 270 g/mol. The molecule has 4 nitrogen and oxygen atoms in total. The summed E-state index contributed by atoms with van der Waals surface area (Å²) in [6, 6.07) is 10.2. The smallest absolute Gasteiger partial charge is 0.227 e. The molecule has 5 heteroatoms. The number of aryl methyl sites for hydroxylation is 2. The Bertz CT molecular complexity index is 744. The quantitative estimate of drug-likeness (QED) is 0.798. The average molecular weight is 285 g/mol. The van der Waals surface area contributed by atoms with Crippen molar-refractivity contribution in [3.8, 4) is 0 Å². The standard InChI is InChI=1S/C15H15N3OS/c1-11-10-20-15(16-11)17-14(19)7-9-18-8-6-12-4-2-3-5-13(12)18/h2-6,8,10H,7,9H2,1H3,(H,16,17,19). The van der Waals surface area contributed by atoms with Gasteiger partial charge in [-0.05, 0) is 24.4 Å². The molecule has 102 valence electrons. The number of anilines is 1. The van der Waals surface area contributed by atoms with Crippen LogP contribution in [0, 0.1) is 6.92 Å². The number of hydrogen-bond donors (Lipinski definition) is 1. The Hall–Kier alpha value is -2.14. The zero-order chi connectivity index (χ0) is 13.9. The third kappa shape index (κ3) is 2.72. The van der Waals surface area contributed by atoms with Gasteiger partial charge in [0.15, 0.2) is 5.13 Å². The lowest BCUT2D eigenvalue weighted by Gasteiger charge is -2.05. The van der Waals surface area contributed by atoms with Crippen molar-refractivity contribution in [3.05, 3.63) is 47.6 Å². The molecule has 0 aliphatic heterocycles. The van der Waals surface area contributed by atoms with Crippen molar-refractivity contribution in [3.63, 3.8) is 0 Å². The van der Waals surface area contributed by atoms with E-state index in [-0.39, 0.29) is 5.91 Å². The van der Waals surface area contributed by atoms with Gasteiger partial charge in [-0.25, -0.2) is 4.98 Å². The van der Waals surface area contributed by atoms with Crippen LogP contribution in [0.15, 0.2) is 41.9 Å². The number of thiazole rings is 1. The molecule has 20 heavy (non-hydrogen) atoms.